The molecule has 13 heavy (non-hydrogen) atoms. The number of hydrogen-bond acceptors (Lipinski definition) is 0. The molecule has 0 saturated carbocycles. The highest BCUT2D eigenvalue weighted by Crippen LogP contribution is 2.37. The third-order valence-corrected chi connectivity index (χ3v) is 2.05. The predicted octanol–water partition coefficient (Wildman–Crippen LogP) is 3.81. The van der Waals surface area contributed by atoms with Crippen molar-refractivity contribution in [1.82, 2.24) is 0 Å². The zero-order valence-electron chi connectivity index (χ0n) is 6.54. The average Bonchev–Trinajstić information content (AvgIpc) is 1.95. The Bertz CT molecular complexity index is 330. The van der Waals surface area contributed by atoms with Crippen LogP contribution in [0.2, 0.25) is 5.02 Å². The molecule has 1 aromatic carbocycles. The van der Waals surface area contributed by atoms with Crippen LogP contribution in [0.5, 0.6) is 0 Å². The number of benzene rings is 1. The molecule has 0 aromatic heterocycles. The van der Waals surface area contributed by atoms with E-state index in [2.05, 4.69) is 0 Å². The minimum Gasteiger partial charge on any atom is -0.206 e. The molecule has 0 radical (unpaired) electrons. The average molecular weight is 213 g/mol. The molecule has 0 aliphatic rings. The maximum absolute atomic E-state index is 12.7. The fourth-order valence-corrected chi connectivity index (χ4v) is 1.18. The molecule has 0 saturated heterocycles. The van der Waals surface area contributed by atoms with Gasteiger partial charge in [0.05, 0.1) is 5.02 Å². The van der Waals surface area contributed by atoms with Crippen LogP contribution in [0.25, 0.3) is 0 Å². The van der Waals surface area contributed by atoms with Gasteiger partial charge in [0.25, 0.3) is 0 Å². The van der Waals surface area contributed by atoms with Gasteiger partial charge in [0.1, 0.15) is 11.4 Å². The molecule has 0 fully saturated rings. The molecule has 0 bridgehead atoms. The Labute approximate surface area is 77.1 Å². The zero-order chi connectivity index (χ0) is 10.2. The van der Waals surface area contributed by atoms with Gasteiger partial charge in [-0.05, 0) is 18.6 Å². The summed E-state index contributed by atoms with van der Waals surface area (Å²) in [5.41, 5.74) is -1.19. The summed E-state index contributed by atoms with van der Waals surface area (Å²) in [4.78, 5) is 0. The summed E-state index contributed by atoms with van der Waals surface area (Å²) in [5, 5.41) is -0.576. The number of rotatable bonds is 0. The smallest absolute Gasteiger partial charge is 0.206 e. The molecule has 0 spiro atoms. The van der Waals surface area contributed by atoms with Gasteiger partial charge >= 0.3 is 6.18 Å². The van der Waals surface area contributed by atoms with E-state index in [-0.39, 0.29) is 5.56 Å². The van der Waals surface area contributed by atoms with E-state index in [1.54, 1.807) is 0 Å². The van der Waals surface area contributed by atoms with Gasteiger partial charge in [-0.15, -0.1) is 0 Å². The fourth-order valence-electron chi connectivity index (χ4n) is 0.917. The maximum Gasteiger partial charge on any atom is 0.420 e. The lowest BCUT2D eigenvalue weighted by atomic mass is 10.1. The Balaban J connectivity index is 3.43. The van der Waals surface area contributed by atoms with Crippen molar-refractivity contribution in [2.24, 2.45) is 0 Å². The minimum atomic E-state index is -4.74. The predicted molar refractivity (Wildman–Crippen MR) is 41.1 cm³/mol. The quantitative estimate of drug-likeness (QED) is 0.574. The topological polar surface area (TPSA) is 0 Å². The van der Waals surface area contributed by atoms with E-state index in [1.165, 1.54) is 13.0 Å². The van der Waals surface area contributed by atoms with E-state index >= 15 is 0 Å². The molecule has 0 atom stereocenters. The highest BCUT2D eigenvalue weighted by atomic mass is 35.5. The van der Waals surface area contributed by atoms with Crippen molar-refractivity contribution in [3.63, 3.8) is 0 Å². The zero-order valence-corrected chi connectivity index (χ0v) is 7.30. The normalized spacial score (nSPS) is 11.8. The maximum atomic E-state index is 12.7. The standard InChI is InChI=1S/C8H5ClF4/c1-4-2-3-5(10)6(7(4)9)8(11,12)13/h2-3H,1H3. The molecule has 0 nitrogen and oxygen atoms in total. The monoisotopic (exact) mass is 212 g/mol. The molecule has 0 heterocycles. The van der Waals surface area contributed by atoms with E-state index in [0.717, 1.165) is 6.07 Å². The third-order valence-electron chi connectivity index (χ3n) is 1.57. The lowest BCUT2D eigenvalue weighted by molar-refractivity contribution is -0.139. The molecule has 0 amide bonds. The largest absolute Gasteiger partial charge is 0.420 e. The number of halogens is 5. The van der Waals surface area contributed by atoms with Crippen molar-refractivity contribution in [3.05, 3.63) is 34.1 Å². The van der Waals surface area contributed by atoms with Gasteiger partial charge in [0, 0.05) is 0 Å². The van der Waals surface area contributed by atoms with Gasteiger partial charge in [-0.25, -0.2) is 4.39 Å². The molecule has 1 aromatic rings. The molecule has 0 aliphatic heterocycles. The van der Waals surface area contributed by atoms with E-state index in [9.17, 15) is 17.6 Å². The third kappa shape index (κ3) is 1.94. The lowest BCUT2D eigenvalue weighted by Gasteiger charge is -2.11. The van der Waals surface area contributed by atoms with Crippen LogP contribution in [0.15, 0.2) is 12.1 Å². The molecule has 1 rings (SSSR count). The number of aryl methyl sites for hydroxylation is 1. The van der Waals surface area contributed by atoms with Crippen molar-refractivity contribution in [2.75, 3.05) is 0 Å². The first-order chi connectivity index (χ1) is 5.84. The van der Waals surface area contributed by atoms with Crippen LogP contribution in [0.4, 0.5) is 17.6 Å². The van der Waals surface area contributed by atoms with Crippen LogP contribution in [-0.4, -0.2) is 0 Å². The second kappa shape index (κ2) is 3.18. The molecule has 72 valence electrons. The number of alkyl halides is 3. The molecule has 0 unspecified atom stereocenters. The first-order valence-electron chi connectivity index (χ1n) is 3.36. The van der Waals surface area contributed by atoms with Crippen LogP contribution < -0.4 is 0 Å². The van der Waals surface area contributed by atoms with Gasteiger partial charge in [0.15, 0.2) is 0 Å². The van der Waals surface area contributed by atoms with Gasteiger partial charge in [0.2, 0.25) is 0 Å². The van der Waals surface area contributed by atoms with Crippen LogP contribution in [0.1, 0.15) is 11.1 Å². The highest BCUT2D eigenvalue weighted by molar-refractivity contribution is 6.32. The first kappa shape index (κ1) is 10.3. The van der Waals surface area contributed by atoms with Gasteiger partial charge in [-0.3, -0.25) is 0 Å². The summed E-state index contributed by atoms with van der Waals surface area (Å²) >= 11 is 5.32. The Kier molecular flexibility index (Phi) is 2.52. The Morgan fingerprint density at radius 1 is 1.23 bits per heavy atom. The minimum absolute atomic E-state index is 0.204. The van der Waals surface area contributed by atoms with Gasteiger partial charge in [-0.2, -0.15) is 13.2 Å². The van der Waals surface area contributed by atoms with E-state index < -0.39 is 22.6 Å². The summed E-state index contributed by atoms with van der Waals surface area (Å²) in [6.45, 7) is 1.39. The Morgan fingerprint density at radius 3 is 2.15 bits per heavy atom. The number of hydrogen-bond donors (Lipinski definition) is 0. The summed E-state index contributed by atoms with van der Waals surface area (Å²) in [6.07, 6.45) is -4.74. The molecular weight excluding hydrogens is 208 g/mol. The van der Waals surface area contributed by atoms with Crippen molar-refractivity contribution >= 4 is 11.6 Å². The van der Waals surface area contributed by atoms with E-state index in [0.29, 0.717) is 0 Å². The van der Waals surface area contributed by atoms with Crippen molar-refractivity contribution in [3.8, 4) is 0 Å². The van der Waals surface area contributed by atoms with Crippen molar-refractivity contribution in [1.29, 1.82) is 0 Å². The molecule has 0 N–H and O–H groups in total. The fraction of sp³-hybridized carbons (Fsp3) is 0.250. The summed E-state index contributed by atoms with van der Waals surface area (Å²) in [5.74, 6) is -1.34. The SMILES string of the molecule is Cc1ccc(F)c(C(F)(F)F)c1Cl. The van der Waals surface area contributed by atoms with Crippen LogP contribution in [-0.2, 0) is 6.18 Å². The summed E-state index contributed by atoms with van der Waals surface area (Å²) in [6, 6.07) is 1.96. The lowest BCUT2D eigenvalue weighted by Crippen LogP contribution is -2.09. The summed E-state index contributed by atoms with van der Waals surface area (Å²) < 4.78 is 49.2. The van der Waals surface area contributed by atoms with Crippen LogP contribution in [0, 0.1) is 12.7 Å². The summed E-state index contributed by atoms with van der Waals surface area (Å²) in [7, 11) is 0. The Morgan fingerprint density at radius 2 is 1.77 bits per heavy atom. The second-order valence-electron chi connectivity index (χ2n) is 2.55. The first-order valence-corrected chi connectivity index (χ1v) is 3.73. The molecule has 0 aliphatic carbocycles. The van der Waals surface area contributed by atoms with Crippen LogP contribution in [0.3, 0.4) is 0 Å². The molecular formula is C8H5ClF4. The highest BCUT2D eigenvalue weighted by Gasteiger charge is 2.37. The van der Waals surface area contributed by atoms with E-state index in [1.807, 2.05) is 0 Å². The van der Waals surface area contributed by atoms with Crippen molar-refractivity contribution in [2.45, 2.75) is 13.1 Å². The van der Waals surface area contributed by atoms with E-state index in [4.69, 9.17) is 11.6 Å². The van der Waals surface area contributed by atoms with Crippen molar-refractivity contribution < 1.29 is 17.6 Å². The molecule has 5 heteroatoms. The second-order valence-corrected chi connectivity index (χ2v) is 2.93. The van der Waals surface area contributed by atoms with Gasteiger partial charge in [-0.1, -0.05) is 17.7 Å². The van der Waals surface area contributed by atoms with Gasteiger partial charge < -0.3 is 0 Å². The van der Waals surface area contributed by atoms with Crippen LogP contribution >= 0.6 is 11.6 Å². The Hall–Kier alpha value is -0.770.